The molecule has 10 heteroatoms. The van der Waals surface area contributed by atoms with Gasteiger partial charge in [0.2, 0.25) is 10.0 Å². The number of urea groups is 1. The highest BCUT2D eigenvalue weighted by molar-refractivity contribution is 7.89. The summed E-state index contributed by atoms with van der Waals surface area (Å²) in [4.78, 5) is 17.3. The average molecular weight is 587 g/mol. The summed E-state index contributed by atoms with van der Waals surface area (Å²) in [5.41, 5.74) is 2.41. The summed E-state index contributed by atoms with van der Waals surface area (Å²) in [6, 6.07) is 19.8. The lowest BCUT2D eigenvalue weighted by Crippen LogP contribution is -2.50. The normalized spacial score (nSPS) is 15.1. The first-order chi connectivity index (χ1) is 18.9. The molecule has 3 aromatic carbocycles. The summed E-state index contributed by atoms with van der Waals surface area (Å²) in [5.74, 6) is -0.336. The van der Waals surface area contributed by atoms with Crippen molar-refractivity contribution in [3.05, 3.63) is 94.8 Å². The molecule has 2 amide bonds. The van der Waals surface area contributed by atoms with E-state index in [9.17, 15) is 17.6 Å². The molecule has 1 aliphatic rings. The fourth-order valence-corrected chi connectivity index (χ4v) is 6.18. The molecule has 0 bridgehead atoms. The van der Waals surface area contributed by atoms with Crippen LogP contribution in [0, 0.1) is 5.82 Å². The molecule has 0 saturated carbocycles. The van der Waals surface area contributed by atoms with Crippen molar-refractivity contribution in [1.82, 2.24) is 14.1 Å². The fraction of sp³-hybridized carbons (Fsp3) is 0.367. The van der Waals surface area contributed by atoms with Crippen LogP contribution in [0.5, 0.6) is 0 Å². The molecule has 4 rings (SSSR count). The Kier molecular flexibility index (Phi) is 9.51. The summed E-state index contributed by atoms with van der Waals surface area (Å²) in [6.07, 6.45) is 0. The maximum atomic E-state index is 13.4. The summed E-state index contributed by atoms with van der Waals surface area (Å²) < 4.78 is 41.4. The minimum atomic E-state index is -3.58. The van der Waals surface area contributed by atoms with Crippen molar-refractivity contribution in [2.45, 2.75) is 37.6 Å². The van der Waals surface area contributed by atoms with Crippen molar-refractivity contribution in [2.24, 2.45) is 0 Å². The van der Waals surface area contributed by atoms with Crippen LogP contribution in [0.25, 0.3) is 0 Å². The van der Waals surface area contributed by atoms with E-state index in [-0.39, 0.29) is 17.3 Å². The third kappa shape index (κ3) is 7.81. The number of hydrogen-bond acceptors (Lipinski definition) is 4. The number of halogens is 2. The van der Waals surface area contributed by atoms with Gasteiger partial charge in [-0.05, 0) is 59.0 Å². The van der Waals surface area contributed by atoms with E-state index in [0.29, 0.717) is 61.4 Å². The third-order valence-corrected chi connectivity index (χ3v) is 9.17. The fourth-order valence-electron chi connectivity index (χ4n) is 4.56. The smallest absolute Gasteiger partial charge is 0.319 e. The molecule has 0 unspecified atom stereocenters. The highest BCUT2D eigenvalue weighted by Gasteiger charge is 2.29. The van der Waals surface area contributed by atoms with Gasteiger partial charge in [-0.1, -0.05) is 62.7 Å². The lowest BCUT2D eigenvalue weighted by atomic mass is 9.87. The number of rotatable bonds is 8. The molecule has 0 radical (unpaired) electrons. The Bertz CT molecular complexity index is 1400. The highest BCUT2D eigenvalue weighted by Crippen LogP contribution is 2.25. The zero-order valence-corrected chi connectivity index (χ0v) is 24.7. The summed E-state index contributed by atoms with van der Waals surface area (Å²) in [5, 5.41) is 3.40. The lowest BCUT2D eigenvalue weighted by molar-refractivity contribution is 0.161. The first-order valence-corrected chi connectivity index (χ1v) is 15.1. The maximum absolute atomic E-state index is 13.4. The molecule has 7 nitrogen and oxygen atoms in total. The van der Waals surface area contributed by atoms with E-state index < -0.39 is 10.0 Å². The highest BCUT2D eigenvalue weighted by atomic mass is 35.5. The van der Waals surface area contributed by atoms with Gasteiger partial charge in [0.1, 0.15) is 5.82 Å². The monoisotopic (exact) mass is 586 g/mol. The van der Waals surface area contributed by atoms with Crippen molar-refractivity contribution < 1.29 is 17.6 Å². The largest absolute Gasteiger partial charge is 0.322 e. The Morgan fingerprint density at radius 1 is 0.975 bits per heavy atom. The van der Waals surface area contributed by atoms with Gasteiger partial charge in [0.25, 0.3) is 0 Å². The number of nitrogens with zero attached hydrogens (tertiary/aromatic N) is 3. The molecule has 0 aliphatic carbocycles. The quantitative estimate of drug-likeness (QED) is 0.361. The van der Waals surface area contributed by atoms with Crippen LogP contribution in [-0.2, 0) is 22.0 Å². The molecule has 0 aromatic heterocycles. The van der Waals surface area contributed by atoms with E-state index in [0.717, 1.165) is 11.1 Å². The lowest BCUT2D eigenvalue weighted by Gasteiger charge is -2.35. The Morgan fingerprint density at radius 2 is 1.62 bits per heavy atom. The molecule has 0 atom stereocenters. The molecule has 3 aromatic rings. The van der Waals surface area contributed by atoms with Gasteiger partial charge in [-0.25, -0.2) is 17.6 Å². The van der Waals surface area contributed by atoms with Crippen LogP contribution in [-0.4, -0.2) is 67.8 Å². The Morgan fingerprint density at radius 3 is 2.23 bits per heavy atom. The van der Waals surface area contributed by atoms with Crippen molar-refractivity contribution in [2.75, 3.05) is 44.6 Å². The summed E-state index contributed by atoms with van der Waals surface area (Å²) in [7, 11) is -3.58. The van der Waals surface area contributed by atoms with E-state index in [1.165, 1.54) is 16.4 Å². The van der Waals surface area contributed by atoms with Crippen LogP contribution in [0.2, 0.25) is 5.02 Å². The standard InChI is InChI=1S/C30H36ClFN4O3S/c1-30(2,3)24-9-13-28(14-10-24)40(38,39)36-19-16-34(17-20-36)15-18-35(22-23-7-11-26(32)12-8-23)29(37)33-27-6-4-5-25(31)21-27/h4-14,21H,15-20,22H2,1-3H3,(H,33,37). The van der Waals surface area contributed by atoms with Crippen LogP contribution in [0.3, 0.4) is 0 Å². The van der Waals surface area contributed by atoms with E-state index >= 15 is 0 Å². The van der Waals surface area contributed by atoms with Gasteiger partial charge in [0.15, 0.2) is 0 Å². The summed E-state index contributed by atoms with van der Waals surface area (Å²) in [6.45, 7) is 9.41. The predicted octanol–water partition coefficient (Wildman–Crippen LogP) is 5.82. The first-order valence-electron chi connectivity index (χ1n) is 13.3. The van der Waals surface area contributed by atoms with E-state index in [4.69, 9.17) is 11.6 Å². The molecule has 1 fully saturated rings. The van der Waals surface area contributed by atoms with E-state index in [1.54, 1.807) is 53.4 Å². The molecular formula is C30H36ClFN4O3S. The molecule has 0 spiro atoms. The zero-order valence-electron chi connectivity index (χ0n) is 23.1. The number of benzene rings is 3. The van der Waals surface area contributed by atoms with Gasteiger partial charge in [0.05, 0.1) is 4.90 Å². The van der Waals surface area contributed by atoms with Gasteiger partial charge < -0.3 is 10.2 Å². The molecule has 1 N–H and O–H groups in total. The maximum Gasteiger partial charge on any atom is 0.322 e. The van der Waals surface area contributed by atoms with Crippen molar-refractivity contribution in [3.8, 4) is 0 Å². The van der Waals surface area contributed by atoms with Crippen LogP contribution in [0.15, 0.2) is 77.7 Å². The van der Waals surface area contributed by atoms with Gasteiger partial charge in [-0.2, -0.15) is 4.31 Å². The minimum absolute atomic E-state index is 0.0520. The van der Waals surface area contributed by atoms with E-state index in [2.05, 4.69) is 31.0 Å². The number of piperazine rings is 1. The van der Waals surface area contributed by atoms with Crippen LogP contribution in [0.4, 0.5) is 14.9 Å². The molecule has 214 valence electrons. The SMILES string of the molecule is CC(C)(C)c1ccc(S(=O)(=O)N2CCN(CCN(Cc3ccc(F)cc3)C(=O)Nc3cccc(Cl)c3)CC2)cc1. The van der Waals surface area contributed by atoms with Gasteiger partial charge in [-0.15, -0.1) is 0 Å². The second kappa shape index (κ2) is 12.7. The molecular weight excluding hydrogens is 551 g/mol. The first kappa shape index (κ1) is 30.0. The number of carbonyl (C=O) groups is 1. The topological polar surface area (TPSA) is 73.0 Å². The van der Waals surface area contributed by atoms with Gasteiger partial charge in [-0.3, -0.25) is 4.90 Å². The second-order valence-electron chi connectivity index (χ2n) is 11.0. The van der Waals surface area contributed by atoms with Gasteiger partial charge in [0, 0.05) is 56.5 Å². The van der Waals surface area contributed by atoms with Crippen LogP contribution < -0.4 is 5.32 Å². The predicted molar refractivity (Wildman–Crippen MR) is 158 cm³/mol. The molecule has 1 heterocycles. The number of anilines is 1. The second-order valence-corrected chi connectivity index (χ2v) is 13.4. The number of sulfonamides is 1. The number of nitrogens with one attached hydrogen (secondary N) is 1. The molecule has 1 aliphatic heterocycles. The Balaban J connectivity index is 1.37. The van der Waals surface area contributed by atoms with Gasteiger partial charge >= 0.3 is 6.03 Å². The van der Waals surface area contributed by atoms with Crippen LogP contribution in [0.1, 0.15) is 31.9 Å². The third-order valence-electron chi connectivity index (χ3n) is 7.03. The van der Waals surface area contributed by atoms with Crippen molar-refractivity contribution >= 4 is 33.3 Å². The summed E-state index contributed by atoms with van der Waals surface area (Å²) >= 11 is 6.07. The van der Waals surface area contributed by atoms with Crippen molar-refractivity contribution in [1.29, 1.82) is 0 Å². The van der Waals surface area contributed by atoms with E-state index in [1.807, 2.05) is 12.1 Å². The van der Waals surface area contributed by atoms with Crippen molar-refractivity contribution in [3.63, 3.8) is 0 Å². The average Bonchev–Trinajstić information content (AvgIpc) is 2.92. The number of hydrogen-bond donors (Lipinski definition) is 1. The Labute approximate surface area is 241 Å². The number of amides is 2. The Hall–Kier alpha value is -2.98. The molecule has 40 heavy (non-hydrogen) atoms. The minimum Gasteiger partial charge on any atom is -0.319 e. The number of carbonyl (C=O) groups excluding carboxylic acids is 1. The van der Waals surface area contributed by atoms with Crippen LogP contribution >= 0.6 is 11.6 Å². The zero-order chi connectivity index (χ0) is 28.9. The molecule has 1 saturated heterocycles.